The van der Waals surface area contributed by atoms with Crippen LogP contribution in [-0.4, -0.2) is 43.1 Å². The third kappa shape index (κ3) is 6.49. The summed E-state index contributed by atoms with van der Waals surface area (Å²) < 4.78 is 30.0. The minimum absolute atomic E-state index is 0.0274. The van der Waals surface area contributed by atoms with Crippen LogP contribution in [0.3, 0.4) is 0 Å². The molecule has 1 aromatic carbocycles. The number of benzene rings is 1. The maximum atomic E-state index is 11.9. The summed E-state index contributed by atoms with van der Waals surface area (Å²) in [7, 11) is -3.41. The van der Waals surface area contributed by atoms with Crippen molar-refractivity contribution < 1.29 is 17.7 Å². The molecule has 25 heavy (non-hydrogen) atoms. The van der Waals surface area contributed by atoms with Crippen molar-refractivity contribution in [2.45, 2.75) is 19.8 Å². The van der Waals surface area contributed by atoms with Crippen LogP contribution < -0.4 is 5.32 Å². The van der Waals surface area contributed by atoms with Gasteiger partial charge in [0, 0.05) is 30.6 Å². The predicted molar refractivity (Wildman–Crippen MR) is 96.1 cm³/mol. The van der Waals surface area contributed by atoms with Crippen LogP contribution >= 0.6 is 11.6 Å². The molecule has 0 saturated heterocycles. The zero-order valence-corrected chi connectivity index (χ0v) is 15.6. The van der Waals surface area contributed by atoms with Crippen LogP contribution in [-0.2, 0) is 21.2 Å². The van der Waals surface area contributed by atoms with Crippen molar-refractivity contribution >= 4 is 33.3 Å². The standard InChI is InChI=1S/C16H20ClN3O4S/c1-12-11-15(19-24-12)18-16(21)8-10-20(25(2,22)23)9-7-13-3-5-14(17)6-4-13/h3-6,11H,7-10H2,1-2H3,(H,18,19,21). The summed E-state index contributed by atoms with van der Waals surface area (Å²) in [5, 5.41) is 6.86. The highest BCUT2D eigenvalue weighted by atomic mass is 35.5. The zero-order valence-electron chi connectivity index (χ0n) is 14.0. The van der Waals surface area contributed by atoms with Crippen LogP contribution in [0.2, 0.25) is 5.02 Å². The minimum Gasteiger partial charge on any atom is -0.360 e. The molecule has 1 amide bonds. The number of aromatic nitrogens is 1. The van der Waals surface area contributed by atoms with Crippen molar-refractivity contribution in [3.05, 3.63) is 46.7 Å². The molecule has 1 aromatic heterocycles. The Bertz CT molecular complexity index is 818. The third-order valence-corrected chi connectivity index (χ3v) is 5.07. The number of hydrogen-bond acceptors (Lipinski definition) is 5. The van der Waals surface area contributed by atoms with E-state index in [1.807, 2.05) is 12.1 Å². The van der Waals surface area contributed by atoms with Crippen LogP contribution in [0.5, 0.6) is 0 Å². The van der Waals surface area contributed by atoms with Gasteiger partial charge in [0.1, 0.15) is 5.76 Å². The SMILES string of the molecule is Cc1cc(NC(=O)CCN(CCc2ccc(Cl)cc2)S(C)(=O)=O)no1. The Hall–Kier alpha value is -1.90. The molecule has 0 unspecified atom stereocenters. The Labute approximate surface area is 152 Å². The maximum Gasteiger partial charge on any atom is 0.226 e. The van der Waals surface area contributed by atoms with Crippen LogP contribution in [0, 0.1) is 6.92 Å². The number of halogens is 1. The van der Waals surface area contributed by atoms with Crippen molar-refractivity contribution in [2.75, 3.05) is 24.7 Å². The average molecular weight is 386 g/mol. The van der Waals surface area contributed by atoms with E-state index in [9.17, 15) is 13.2 Å². The summed E-state index contributed by atoms with van der Waals surface area (Å²) in [6, 6.07) is 8.81. The molecule has 0 saturated carbocycles. The zero-order chi connectivity index (χ0) is 18.4. The second kappa shape index (κ2) is 8.46. The summed E-state index contributed by atoms with van der Waals surface area (Å²) >= 11 is 5.84. The number of nitrogens with zero attached hydrogens (tertiary/aromatic N) is 2. The lowest BCUT2D eigenvalue weighted by molar-refractivity contribution is -0.116. The van der Waals surface area contributed by atoms with Crippen molar-refractivity contribution in [1.82, 2.24) is 9.46 Å². The van der Waals surface area contributed by atoms with Crippen LogP contribution in [0.25, 0.3) is 0 Å². The van der Waals surface area contributed by atoms with Gasteiger partial charge in [0.2, 0.25) is 15.9 Å². The molecule has 2 aromatic rings. The predicted octanol–water partition coefficient (Wildman–Crippen LogP) is 2.47. The van der Waals surface area contributed by atoms with Gasteiger partial charge in [-0.3, -0.25) is 4.79 Å². The number of sulfonamides is 1. The highest BCUT2D eigenvalue weighted by molar-refractivity contribution is 7.88. The average Bonchev–Trinajstić information content (AvgIpc) is 2.92. The first kappa shape index (κ1) is 19.4. The van der Waals surface area contributed by atoms with E-state index >= 15 is 0 Å². The first-order valence-corrected chi connectivity index (χ1v) is 9.89. The topological polar surface area (TPSA) is 92.5 Å². The molecule has 0 aliphatic heterocycles. The second-order valence-electron chi connectivity index (χ2n) is 5.66. The molecular formula is C16H20ClN3O4S. The number of amides is 1. The van der Waals surface area contributed by atoms with Gasteiger partial charge in [-0.05, 0) is 31.0 Å². The van der Waals surface area contributed by atoms with Gasteiger partial charge >= 0.3 is 0 Å². The van der Waals surface area contributed by atoms with E-state index in [1.165, 1.54) is 4.31 Å². The van der Waals surface area contributed by atoms with Gasteiger partial charge in [-0.15, -0.1) is 0 Å². The third-order valence-electron chi connectivity index (χ3n) is 3.52. The fraction of sp³-hybridized carbons (Fsp3) is 0.375. The molecule has 9 heteroatoms. The largest absolute Gasteiger partial charge is 0.360 e. The van der Waals surface area contributed by atoms with Crippen molar-refractivity contribution in [3.8, 4) is 0 Å². The van der Waals surface area contributed by atoms with Crippen LogP contribution in [0.1, 0.15) is 17.7 Å². The number of carbonyl (C=O) groups excluding carboxylic acids is 1. The Kier molecular flexibility index (Phi) is 6.57. The molecule has 0 aliphatic rings. The van der Waals surface area contributed by atoms with Crippen molar-refractivity contribution in [2.24, 2.45) is 0 Å². The lowest BCUT2D eigenvalue weighted by Crippen LogP contribution is -2.34. The summed E-state index contributed by atoms with van der Waals surface area (Å²) in [5.41, 5.74) is 0.973. The number of rotatable bonds is 8. The highest BCUT2D eigenvalue weighted by Gasteiger charge is 2.18. The Morgan fingerprint density at radius 1 is 1.28 bits per heavy atom. The van der Waals surface area contributed by atoms with Gasteiger partial charge < -0.3 is 9.84 Å². The molecule has 0 atom stereocenters. The molecule has 0 bridgehead atoms. The highest BCUT2D eigenvalue weighted by Crippen LogP contribution is 2.12. The second-order valence-corrected chi connectivity index (χ2v) is 8.08. The summed E-state index contributed by atoms with van der Waals surface area (Å²) in [6.07, 6.45) is 1.70. The molecule has 0 aliphatic carbocycles. The molecule has 1 heterocycles. The normalized spacial score (nSPS) is 11.7. The Morgan fingerprint density at radius 3 is 2.52 bits per heavy atom. The van der Waals surface area contributed by atoms with E-state index in [-0.39, 0.29) is 25.4 Å². The van der Waals surface area contributed by atoms with Crippen molar-refractivity contribution in [1.29, 1.82) is 0 Å². The Balaban J connectivity index is 1.89. The fourth-order valence-electron chi connectivity index (χ4n) is 2.21. The van der Waals surface area contributed by atoms with Gasteiger partial charge in [0.25, 0.3) is 0 Å². The first-order valence-electron chi connectivity index (χ1n) is 7.67. The number of nitrogens with one attached hydrogen (secondary N) is 1. The lowest BCUT2D eigenvalue weighted by atomic mass is 10.1. The number of carbonyl (C=O) groups is 1. The molecular weight excluding hydrogens is 366 g/mol. The molecule has 7 nitrogen and oxygen atoms in total. The van der Waals surface area contributed by atoms with Gasteiger partial charge in [0.05, 0.1) is 6.26 Å². The maximum absolute atomic E-state index is 11.9. The molecule has 0 spiro atoms. The molecule has 136 valence electrons. The number of aryl methyl sites for hydroxylation is 1. The van der Waals surface area contributed by atoms with Gasteiger partial charge in [0.15, 0.2) is 5.82 Å². The fourth-order valence-corrected chi connectivity index (χ4v) is 3.18. The van der Waals surface area contributed by atoms with E-state index in [4.69, 9.17) is 16.1 Å². The summed E-state index contributed by atoms with van der Waals surface area (Å²) in [6.45, 7) is 2.09. The smallest absolute Gasteiger partial charge is 0.226 e. The summed E-state index contributed by atoms with van der Waals surface area (Å²) in [5.74, 6) is 0.569. The van der Waals surface area contributed by atoms with E-state index in [0.29, 0.717) is 23.0 Å². The van der Waals surface area contributed by atoms with Crippen molar-refractivity contribution in [3.63, 3.8) is 0 Å². The van der Waals surface area contributed by atoms with Gasteiger partial charge in [-0.25, -0.2) is 12.7 Å². The minimum atomic E-state index is -3.41. The molecule has 0 fully saturated rings. The Morgan fingerprint density at radius 2 is 1.96 bits per heavy atom. The molecule has 1 N–H and O–H groups in total. The van der Waals surface area contributed by atoms with E-state index in [0.717, 1.165) is 11.8 Å². The summed E-state index contributed by atoms with van der Waals surface area (Å²) in [4.78, 5) is 11.9. The van der Waals surface area contributed by atoms with Gasteiger partial charge in [-0.1, -0.05) is 28.9 Å². The van der Waals surface area contributed by atoms with Crippen LogP contribution in [0.4, 0.5) is 5.82 Å². The number of hydrogen-bond donors (Lipinski definition) is 1. The van der Waals surface area contributed by atoms with E-state index in [2.05, 4.69) is 10.5 Å². The molecule has 0 radical (unpaired) electrons. The monoisotopic (exact) mass is 385 g/mol. The van der Waals surface area contributed by atoms with E-state index < -0.39 is 10.0 Å². The molecule has 2 rings (SSSR count). The van der Waals surface area contributed by atoms with Gasteiger partial charge in [-0.2, -0.15) is 0 Å². The quantitative estimate of drug-likeness (QED) is 0.753. The van der Waals surface area contributed by atoms with E-state index in [1.54, 1.807) is 25.1 Å². The lowest BCUT2D eigenvalue weighted by Gasteiger charge is -2.19. The first-order chi connectivity index (χ1) is 11.7. The number of anilines is 1. The van der Waals surface area contributed by atoms with Crippen LogP contribution in [0.15, 0.2) is 34.9 Å².